The number of esters is 1. The van der Waals surface area contributed by atoms with Crippen molar-refractivity contribution < 1.29 is 9.53 Å². The van der Waals surface area contributed by atoms with Gasteiger partial charge in [0.15, 0.2) is 0 Å². The molecule has 0 amide bonds. The Morgan fingerprint density at radius 3 is 2.71 bits per heavy atom. The van der Waals surface area contributed by atoms with Crippen LogP contribution in [0.2, 0.25) is 0 Å². The number of carbonyl (C=O) groups excluding carboxylic acids is 1. The second-order valence-electron chi connectivity index (χ2n) is 3.43. The minimum absolute atomic E-state index is 0.135. The van der Waals surface area contributed by atoms with Crippen molar-refractivity contribution >= 4 is 5.97 Å². The van der Waals surface area contributed by atoms with E-state index in [1.807, 2.05) is 0 Å². The first-order valence-electron chi connectivity index (χ1n) is 5.27. The molecule has 0 N–H and O–H groups in total. The van der Waals surface area contributed by atoms with Gasteiger partial charge in [-0.1, -0.05) is 33.1 Å². The van der Waals surface area contributed by atoms with Gasteiger partial charge in [-0.05, 0) is 12.3 Å². The average molecular weight is 197 g/mol. The molecule has 14 heavy (non-hydrogen) atoms. The molecule has 0 bridgehead atoms. The van der Waals surface area contributed by atoms with E-state index in [1.165, 1.54) is 12.8 Å². The summed E-state index contributed by atoms with van der Waals surface area (Å²) < 4.78 is 4.97. The van der Waals surface area contributed by atoms with E-state index in [1.54, 1.807) is 6.07 Å². The molecule has 80 valence electrons. The van der Waals surface area contributed by atoms with Gasteiger partial charge >= 0.3 is 5.97 Å². The van der Waals surface area contributed by atoms with Crippen molar-refractivity contribution in [2.45, 2.75) is 46.0 Å². The molecule has 1 atom stereocenters. The summed E-state index contributed by atoms with van der Waals surface area (Å²) >= 11 is 0. The second-order valence-corrected chi connectivity index (χ2v) is 3.43. The van der Waals surface area contributed by atoms with E-state index in [2.05, 4.69) is 13.8 Å². The van der Waals surface area contributed by atoms with Gasteiger partial charge in [0.25, 0.3) is 0 Å². The van der Waals surface area contributed by atoms with Gasteiger partial charge in [0.1, 0.15) is 6.42 Å². The molecule has 0 saturated heterocycles. The molecule has 0 aliphatic carbocycles. The third-order valence-electron chi connectivity index (χ3n) is 2.25. The average Bonchev–Trinajstić information content (AvgIpc) is 2.19. The van der Waals surface area contributed by atoms with Crippen LogP contribution >= 0.6 is 0 Å². The van der Waals surface area contributed by atoms with Crippen molar-refractivity contribution in [2.75, 3.05) is 6.61 Å². The maximum absolute atomic E-state index is 10.9. The lowest BCUT2D eigenvalue weighted by Crippen LogP contribution is -2.13. The van der Waals surface area contributed by atoms with E-state index in [9.17, 15) is 4.79 Å². The molecular formula is C11H19NO2. The first-order valence-corrected chi connectivity index (χ1v) is 5.27. The second kappa shape index (κ2) is 8.55. The topological polar surface area (TPSA) is 50.1 Å². The molecule has 0 aliphatic rings. The van der Waals surface area contributed by atoms with Gasteiger partial charge in [-0.15, -0.1) is 0 Å². The highest BCUT2D eigenvalue weighted by Crippen LogP contribution is 2.12. The standard InChI is InChI=1S/C11H19NO2/c1-3-5-6-10(4-2)9-14-11(13)7-8-12/h10H,3-7,9H2,1-2H3/t10-/m1/s1. The predicted octanol–water partition coefficient (Wildman–Crippen LogP) is 2.66. The maximum atomic E-state index is 10.9. The van der Waals surface area contributed by atoms with Crippen LogP contribution in [0.5, 0.6) is 0 Å². The summed E-state index contributed by atoms with van der Waals surface area (Å²) in [6, 6.07) is 1.78. The van der Waals surface area contributed by atoms with Gasteiger partial charge in [0.2, 0.25) is 0 Å². The Hall–Kier alpha value is -1.04. The normalized spacial score (nSPS) is 11.8. The molecule has 0 aromatic carbocycles. The SMILES string of the molecule is CCCC[C@@H](CC)COC(=O)CC#N. The first kappa shape index (κ1) is 13.0. The molecular weight excluding hydrogens is 178 g/mol. The van der Waals surface area contributed by atoms with Gasteiger partial charge in [0.05, 0.1) is 12.7 Å². The highest BCUT2D eigenvalue weighted by molar-refractivity contribution is 5.71. The van der Waals surface area contributed by atoms with Crippen LogP contribution in [-0.4, -0.2) is 12.6 Å². The predicted molar refractivity (Wildman–Crippen MR) is 54.5 cm³/mol. The molecule has 0 aromatic heterocycles. The number of nitriles is 1. The molecule has 3 heteroatoms. The largest absolute Gasteiger partial charge is 0.465 e. The van der Waals surface area contributed by atoms with Crippen LogP contribution in [-0.2, 0) is 9.53 Å². The zero-order valence-corrected chi connectivity index (χ0v) is 9.08. The molecule has 0 aromatic rings. The van der Waals surface area contributed by atoms with Gasteiger partial charge in [-0.3, -0.25) is 4.79 Å². The Morgan fingerprint density at radius 1 is 1.50 bits per heavy atom. The van der Waals surface area contributed by atoms with E-state index in [0.717, 1.165) is 12.8 Å². The summed E-state index contributed by atoms with van der Waals surface area (Å²) in [7, 11) is 0. The molecule has 0 unspecified atom stereocenters. The van der Waals surface area contributed by atoms with E-state index in [0.29, 0.717) is 12.5 Å². The number of nitrogens with zero attached hydrogens (tertiary/aromatic N) is 1. The van der Waals surface area contributed by atoms with Crippen molar-refractivity contribution in [2.24, 2.45) is 5.92 Å². The number of unbranched alkanes of at least 4 members (excludes halogenated alkanes) is 1. The molecule has 0 radical (unpaired) electrons. The van der Waals surface area contributed by atoms with Gasteiger partial charge in [-0.25, -0.2) is 0 Å². The fraction of sp³-hybridized carbons (Fsp3) is 0.818. The number of rotatable bonds is 7. The van der Waals surface area contributed by atoms with Crippen LogP contribution < -0.4 is 0 Å². The van der Waals surface area contributed by atoms with Gasteiger partial charge < -0.3 is 4.74 Å². The summed E-state index contributed by atoms with van der Waals surface area (Å²) in [4.78, 5) is 10.9. The smallest absolute Gasteiger partial charge is 0.320 e. The van der Waals surface area contributed by atoms with Crippen molar-refractivity contribution in [3.05, 3.63) is 0 Å². The number of hydrogen-bond donors (Lipinski definition) is 0. The maximum Gasteiger partial charge on any atom is 0.320 e. The molecule has 0 spiro atoms. The summed E-state index contributed by atoms with van der Waals surface area (Å²) in [6.45, 7) is 4.71. The Bertz CT molecular complexity index is 196. The van der Waals surface area contributed by atoms with Gasteiger partial charge in [0, 0.05) is 0 Å². The summed E-state index contributed by atoms with van der Waals surface area (Å²) in [5.41, 5.74) is 0. The third-order valence-corrected chi connectivity index (χ3v) is 2.25. The van der Waals surface area contributed by atoms with Crippen LogP contribution in [0.4, 0.5) is 0 Å². The minimum Gasteiger partial charge on any atom is -0.465 e. The summed E-state index contributed by atoms with van der Waals surface area (Å²) in [5, 5.41) is 8.25. The van der Waals surface area contributed by atoms with Crippen LogP contribution in [0, 0.1) is 17.2 Å². The minimum atomic E-state index is -0.401. The molecule has 0 saturated carbocycles. The Morgan fingerprint density at radius 2 is 2.21 bits per heavy atom. The molecule has 0 aliphatic heterocycles. The number of carbonyl (C=O) groups is 1. The lowest BCUT2D eigenvalue weighted by molar-refractivity contribution is -0.143. The van der Waals surface area contributed by atoms with E-state index in [4.69, 9.17) is 10.00 Å². The van der Waals surface area contributed by atoms with Crippen LogP contribution in [0.15, 0.2) is 0 Å². The lowest BCUT2D eigenvalue weighted by Gasteiger charge is -2.13. The molecule has 0 fully saturated rings. The van der Waals surface area contributed by atoms with E-state index < -0.39 is 5.97 Å². The Balaban J connectivity index is 3.61. The quantitative estimate of drug-likeness (QED) is 0.589. The molecule has 0 heterocycles. The summed E-state index contributed by atoms with van der Waals surface area (Å²) in [6.07, 6.45) is 4.34. The summed E-state index contributed by atoms with van der Waals surface area (Å²) in [5.74, 6) is 0.0556. The van der Waals surface area contributed by atoms with Crippen molar-refractivity contribution in [3.63, 3.8) is 0 Å². The van der Waals surface area contributed by atoms with Gasteiger partial charge in [-0.2, -0.15) is 5.26 Å². The van der Waals surface area contributed by atoms with Crippen molar-refractivity contribution in [3.8, 4) is 6.07 Å². The third kappa shape index (κ3) is 6.47. The molecule has 3 nitrogen and oxygen atoms in total. The van der Waals surface area contributed by atoms with E-state index in [-0.39, 0.29) is 6.42 Å². The Kier molecular flexibility index (Phi) is 7.92. The fourth-order valence-corrected chi connectivity index (χ4v) is 1.22. The van der Waals surface area contributed by atoms with E-state index >= 15 is 0 Å². The fourth-order valence-electron chi connectivity index (χ4n) is 1.22. The highest BCUT2D eigenvalue weighted by atomic mass is 16.5. The number of ether oxygens (including phenoxy) is 1. The highest BCUT2D eigenvalue weighted by Gasteiger charge is 2.09. The van der Waals surface area contributed by atoms with Crippen LogP contribution in [0.1, 0.15) is 46.0 Å². The first-order chi connectivity index (χ1) is 6.74. The van der Waals surface area contributed by atoms with Crippen LogP contribution in [0.25, 0.3) is 0 Å². The monoisotopic (exact) mass is 197 g/mol. The van der Waals surface area contributed by atoms with Crippen molar-refractivity contribution in [1.29, 1.82) is 5.26 Å². The molecule has 0 rings (SSSR count). The zero-order valence-electron chi connectivity index (χ0n) is 9.08. The Labute approximate surface area is 86.1 Å². The lowest BCUT2D eigenvalue weighted by atomic mass is 10.0. The van der Waals surface area contributed by atoms with Crippen LogP contribution in [0.3, 0.4) is 0 Å². The number of hydrogen-bond acceptors (Lipinski definition) is 3. The zero-order chi connectivity index (χ0) is 10.8. The van der Waals surface area contributed by atoms with Crippen molar-refractivity contribution in [1.82, 2.24) is 0 Å².